The van der Waals surface area contributed by atoms with Gasteiger partial charge in [-0.25, -0.2) is 4.39 Å². The van der Waals surface area contributed by atoms with Crippen molar-refractivity contribution in [3.63, 3.8) is 0 Å². The van der Waals surface area contributed by atoms with E-state index in [1.807, 2.05) is 0 Å². The van der Waals surface area contributed by atoms with Crippen LogP contribution in [0.5, 0.6) is 5.75 Å². The minimum Gasteiger partial charge on any atom is -0.488 e. The molecule has 1 heterocycles. The predicted octanol–water partition coefficient (Wildman–Crippen LogP) is 2.45. The molecule has 0 radical (unpaired) electrons. The van der Waals surface area contributed by atoms with E-state index in [0.29, 0.717) is 11.3 Å². The molecule has 0 saturated carbocycles. The Morgan fingerprint density at radius 2 is 2.35 bits per heavy atom. The SMILES string of the molecule is C[C@H](O)c1cc(F)ccc1OCc1cnoc1. The highest BCUT2D eigenvalue weighted by atomic mass is 19.1. The molecule has 0 amide bonds. The molecule has 0 bridgehead atoms. The molecule has 0 unspecified atom stereocenters. The van der Waals surface area contributed by atoms with E-state index in [9.17, 15) is 9.50 Å². The fourth-order valence-corrected chi connectivity index (χ4v) is 1.44. The second-order valence-electron chi connectivity index (χ2n) is 3.68. The van der Waals surface area contributed by atoms with Gasteiger partial charge in [0.15, 0.2) is 0 Å². The first-order valence-electron chi connectivity index (χ1n) is 5.15. The molecule has 1 N–H and O–H groups in total. The molecule has 5 heteroatoms. The number of rotatable bonds is 4. The summed E-state index contributed by atoms with van der Waals surface area (Å²) in [5.74, 6) is 0.0424. The zero-order chi connectivity index (χ0) is 12.3. The Kier molecular flexibility index (Phi) is 3.39. The van der Waals surface area contributed by atoms with Crippen molar-refractivity contribution in [1.29, 1.82) is 0 Å². The highest BCUT2D eigenvalue weighted by molar-refractivity contribution is 5.35. The molecule has 0 aliphatic heterocycles. The van der Waals surface area contributed by atoms with Gasteiger partial charge in [-0.1, -0.05) is 5.16 Å². The summed E-state index contributed by atoms with van der Waals surface area (Å²) in [6.07, 6.45) is 2.21. The lowest BCUT2D eigenvalue weighted by Crippen LogP contribution is -2.01. The van der Waals surface area contributed by atoms with Crippen molar-refractivity contribution >= 4 is 0 Å². The summed E-state index contributed by atoms with van der Waals surface area (Å²) in [5.41, 5.74) is 1.19. The maximum absolute atomic E-state index is 13.0. The van der Waals surface area contributed by atoms with Crippen LogP contribution in [0, 0.1) is 5.82 Å². The molecule has 0 aliphatic carbocycles. The van der Waals surface area contributed by atoms with Gasteiger partial charge in [0.05, 0.1) is 12.3 Å². The number of ether oxygens (including phenoxy) is 1. The second-order valence-corrected chi connectivity index (χ2v) is 3.68. The molecule has 2 rings (SSSR count). The summed E-state index contributed by atoms with van der Waals surface area (Å²) in [7, 11) is 0. The van der Waals surface area contributed by atoms with Crippen molar-refractivity contribution in [2.75, 3.05) is 0 Å². The van der Waals surface area contributed by atoms with Gasteiger partial charge in [-0.3, -0.25) is 0 Å². The summed E-state index contributed by atoms with van der Waals surface area (Å²) in [5, 5.41) is 13.1. The van der Waals surface area contributed by atoms with Crippen LogP contribution in [0.4, 0.5) is 4.39 Å². The number of hydrogen-bond donors (Lipinski definition) is 1. The third-order valence-corrected chi connectivity index (χ3v) is 2.30. The third kappa shape index (κ3) is 2.82. The molecule has 1 aromatic carbocycles. The Hall–Kier alpha value is -1.88. The molecule has 4 nitrogen and oxygen atoms in total. The van der Waals surface area contributed by atoms with Crippen molar-refractivity contribution in [3.8, 4) is 5.75 Å². The van der Waals surface area contributed by atoms with Gasteiger partial charge in [0.2, 0.25) is 0 Å². The van der Waals surface area contributed by atoms with Crippen LogP contribution >= 0.6 is 0 Å². The first kappa shape index (κ1) is 11.6. The Balaban J connectivity index is 2.14. The number of hydrogen-bond acceptors (Lipinski definition) is 4. The molecule has 0 saturated heterocycles. The average molecular weight is 237 g/mol. The summed E-state index contributed by atoms with van der Waals surface area (Å²) < 4.78 is 23.2. The molecule has 17 heavy (non-hydrogen) atoms. The van der Waals surface area contributed by atoms with Gasteiger partial charge < -0.3 is 14.4 Å². The van der Waals surface area contributed by atoms with E-state index in [2.05, 4.69) is 9.68 Å². The van der Waals surface area contributed by atoms with E-state index < -0.39 is 11.9 Å². The van der Waals surface area contributed by atoms with Crippen molar-refractivity contribution < 1.29 is 18.8 Å². The minimum atomic E-state index is -0.789. The summed E-state index contributed by atoms with van der Waals surface area (Å²) >= 11 is 0. The van der Waals surface area contributed by atoms with Crippen molar-refractivity contribution in [2.24, 2.45) is 0 Å². The van der Waals surface area contributed by atoms with Crippen LogP contribution in [-0.4, -0.2) is 10.3 Å². The number of benzene rings is 1. The number of nitrogens with zero attached hydrogens (tertiary/aromatic N) is 1. The Morgan fingerprint density at radius 3 is 3.00 bits per heavy atom. The summed E-state index contributed by atoms with van der Waals surface area (Å²) in [6.45, 7) is 1.82. The number of aromatic nitrogens is 1. The van der Waals surface area contributed by atoms with Crippen LogP contribution in [0.2, 0.25) is 0 Å². The van der Waals surface area contributed by atoms with Crippen LogP contribution < -0.4 is 4.74 Å². The maximum Gasteiger partial charge on any atom is 0.130 e. The lowest BCUT2D eigenvalue weighted by Gasteiger charge is -2.12. The Morgan fingerprint density at radius 1 is 1.53 bits per heavy atom. The first-order chi connectivity index (χ1) is 8.16. The van der Waals surface area contributed by atoms with Gasteiger partial charge in [0.25, 0.3) is 0 Å². The normalized spacial score (nSPS) is 12.4. The number of aliphatic hydroxyl groups is 1. The van der Waals surface area contributed by atoms with Gasteiger partial charge in [-0.05, 0) is 25.1 Å². The van der Waals surface area contributed by atoms with Gasteiger partial charge in [-0.2, -0.15) is 0 Å². The predicted molar refractivity (Wildman–Crippen MR) is 57.9 cm³/mol. The van der Waals surface area contributed by atoms with Crippen LogP contribution in [0.15, 0.2) is 35.2 Å². The second kappa shape index (κ2) is 4.97. The molecule has 1 atom stereocenters. The minimum absolute atomic E-state index is 0.259. The van der Waals surface area contributed by atoms with E-state index in [4.69, 9.17) is 4.74 Å². The summed E-state index contributed by atoms with van der Waals surface area (Å²) in [6, 6.07) is 4.04. The standard InChI is InChI=1S/C12H12FNO3/c1-8(15)11-4-10(13)2-3-12(11)16-6-9-5-14-17-7-9/h2-5,7-8,15H,6H2,1H3/t8-/m0/s1. The van der Waals surface area contributed by atoms with E-state index in [1.54, 1.807) is 6.92 Å². The Bertz CT molecular complexity index is 483. The van der Waals surface area contributed by atoms with Crippen LogP contribution in [-0.2, 0) is 6.61 Å². The lowest BCUT2D eigenvalue weighted by molar-refractivity contribution is 0.189. The smallest absolute Gasteiger partial charge is 0.130 e. The van der Waals surface area contributed by atoms with Gasteiger partial charge >= 0.3 is 0 Å². The molecular weight excluding hydrogens is 225 g/mol. The third-order valence-electron chi connectivity index (χ3n) is 2.30. The largest absolute Gasteiger partial charge is 0.488 e. The topological polar surface area (TPSA) is 55.5 Å². The van der Waals surface area contributed by atoms with Crippen molar-refractivity contribution in [2.45, 2.75) is 19.6 Å². The first-order valence-corrected chi connectivity index (χ1v) is 5.15. The number of aliphatic hydroxyl groups excluding tert-OH is 1. The molecule has 1 aromatic heterocycles. The number of halogens is 1. The van der Waals surface area contributed by atoms with Gasteiger partial charge in [0, 0.05) is 11.1 Å². The van der Waals surface area contributed by atoms with E-state index in [0.717, 1.165) is 5.56 Å². The lowest BCUT2D eigenvalue weighted by atomic mass is 10.1. The van der Waals surface area contributed by atoms with Crippen molar-refractivity contribution in [1.82, 2.24) is 5.16 Å². The van der Waals surface area contributed by atoms with Crippen LogP contribution in [0.3, 0.4) is 0 Å². The molecule has 0 fully saturated rings. The monoisotopic (exact) mass is 237 g/mol. The molecular formula is C12H12FNO3. The molecule has 90 valence electrons. The Labute approximate surface area is 97.6 Å². The van der Waals surface area contributed by atoms with E-state index in [1.165, 1.54) is 30.7 Å². The average Bonchev–Trinajstić information content (AvgIpc) is 2.80. The van der Waals surface area contributed by atoms with Crippen molar-refractivity contribution in [3.05, 3.63) is 47.6 Å². The quantitative estimate of drug-likeness (QED) is 0.887. The maximum atomic E-state index is 13.0. The van der Waals surface area contributed by atoms with Crippen LogP contribution in [0.25, 0.3) is 0 Å². The van der Waals surface area contributed by atoms with E-state index in [-0.39, 0.29) is 6.61 Å². The highest BCUT2D eigenvalue weighted by Gasteiger charge is 2.11. The summed E-state index contributed by atoms with van der Waals surface area (Å²) in [4.78, 5) is 0. The fourth-order valence-electron chi connectivity index (χ4n) is 1.44. The van der Waals surface area contributed by atoms with Gasteiger partial charge in [-0.15, -0.1) is 0 Å². The van der Waals surface area contributed by atoms with E-state index >= 15 is 0 Å². The zero-order valence-corrected chi connectivity index (χ0v) is 9.26. The molecule has 0 spiro atoms. The van der Waals surface area contributed by atoms with Crippen LogP contribution in [0.1, 0.15) is 24.2 Å². The molecule has 0 aliphatic rings. The zero-order valence-electron chi connectivity index (χ0n) is 9.26. The van der Waals surface area contributed by atoms with Gasteiger partial charge in [0.1, 0.15) is 24.4 Å². The molecule has 2 aromatic rings. The fraction of sp³-hybridized carbons (Fsp3) is 0.250. The highest BCUT2D eigenvalue weighted by Crippen LogP contribution is 2.26.